The molecule has 0 fully saturated rings. The van der Waals surface area contributed by atoms with Crippen molar-refractivity contribution >= 4 is 17.9 Å². The average Bonchev–Trinajstić information content (AvgIpc) is 2.16. The quantitative estimate of drug-likeness (QED) is 0.822. The summed E-state index contributed by atoms with van der Waals surface area (Å²) in [6.45, 7) is 4.56. The van der Waals surface area contributed by atoms with Gasteiger partial charge in [-0.1, -0.05) is 24.8 Å². The Morgan fingerprint density at radius 3 is 2.25 bits per heavy atom. The predicted molar refractivity (Wildman–Crippen MR) is 68.3 cm³/mol. The van der Waals surface area contributed by atoms with E-state index in [1.165, 1.54) is 0 Å². The topological polar surface area (TPSA) is 29.5 Å². The second kappa shape index (κ2) is 5.25. The van der Waals surface area contributed by atoms with Gasteiger partial charge in [0.2, 0.25) is 0 Å². The number of benzene rings is 1. The van der Waals surface area contributed by atoms with Crippen molar-refractivity contribution in [1.82, 2.24) is 4.90 Å². The fraction of sp³-hybridized carbons (Fsp3) is 0.417. The lowest BCUT2D eigenvalue weighted by Gasteiger charge is -2.16. The van der Waals surface area contributed by atoms with Gasteiger partial charge in [-0.15, -0.1) is 0 Å². The van der Waals surface area contributed by atoms with Crippen LogP contribution in [-0.4, -0.2) is 24.3 Å². The molecular formula is C12H17NO2S. The molecule has 0 unspecified atom stereocenters. The van der Waals surface area contributed by atoms with E-state index < -0.39 is 0 Å². The summed E-state index contributed by atoms with van der Waals surface area (Å²) in [6, 6.07) is 4.05. The van der Waals surface area contributed by atoms with Gasteiger partial charge in [-0.3, -0.25) is 4.79 Å². The van der Waals surface area contributed by atoms with Gasteiger partial charge in [-0.2, -0.15) is 0 Å². The van der Waals surface area contributed by atoms with Gasteiger partial charge in [0.05, 0.1) is 7.11 Å². The third-order valence-electron chi connectivity index (χ3n) is 2.47. The number of ether oxygens (including phenoxy) is 1. The first kappa shape index (κ1) is 12.9. The van der Waals surface area contributed by atoms with E-state index in [9.17, 15) is 4.79 Å². The zero-order chi connectivity index (χ0) is 12.3. The fourth-order valence-corrected chi connectivity index (χ4v) is 1.87. The Bertz CT molecular complexity index is 381. The van der Waals surface area contributed by atoms with E-state index in [-0.39, 0.29) is 5.24 Å². The second-order valence-corrected chi connectivity index (χ2v) is 4.28. The summed E-state index contributed by atoms with van der Waals surface area (Å²) in [4.78, 5) is 12.6. The van der Waals surface area contributed by atoms with Crippen molar-refractivity contribution < 1.29 is 9.53 Å². The number of methoxy groups -OCH3 is 1. The molecule has 0 aromatic heterocycles. The minimum atomic E-state index is -0.230. The van der Waals surface area contributed by atoms with E-state index in [0.717, 1.165) is 22.4 Å². The van der Waals surface area contributed by atoms with Crippen molar-refractivity contribution in [2.45, 2.75) is 20.4 Å². The monoisotopic (exact) mass is 239 g/mol. The molecule has 0 radical (unpaired) electrons. The Morgan fingerprint density at radius 2 is 1.88 bits per heavy atom. The molecule has 0 aliphatic rings. The van der Waals surface area contributed by atoms with Crippen LogP contribution >= 0.6 is 12.6 Å². The van der Waals surface area contributed by atoms with Crippen LogP contribution in [0.2, 0.25) is 0 Å². The van der Waals surface area contributed by atoms with Crippen LogP contribution in [0.3, 0.4) is 0 Å². The summed E-state index contributed by atoms with van der Waals surface area (Å²) in [6.07, 6.45) is 0. The highest BCUT2D eigenvalue weighted by Gasteiger charge is 2.08. The van der Waals surface area contributed by atoms with Crippen LogP contribution in [0.25, 0.3) is 0 Å². The number of nitrogens with zero attached hydrogens (tertiary/aromatic N) is 1. The van der Waals surface area contributed by atoms with E-state index in [0.29, 0.717) is 6.54 Å². The molecule has 0 bridgehead atoms. The minimum absolute atomic E-state index is 0.230. The maximum Gasteiger partial charge on any atom is 0.278 e. The van der Waals surface area contributed by atoms with Crippen LogP contribution in [0.1, 0.15) is 16.7 Å². The van der Waals surface area contributed by atoms with Crippen LogP contribution in [0.5, 0.6) is 5.75 Å². The van der Waals surface area contributed by atoms with Gasteiger partial charge in [0.1, 0.15) is 5.75 Å². The number of carbonyl (C=O) groups is 1. The smallest absolute Gasteiger partial charge is 0.278 e. The molecule has 1 rings (SSSR count). The number of hydrogen-bond donors (Lipinski definition) is 1. The van der Waals surface area contributed by atoms with E-state index in [2.05, 4.69) is 12.6 Å². The first-order valence-electron chi connectivity index (χ1n) is 5.04. The predicted octanol–water partition coefficient (Wildman–Crippen LogP) is 2.79. The molecule has 16 heavy (non-hydrogen) atoms. The van der Waals surface area contributed by atoms with Gasteiger partial charge in [-0.25, -0.2) is 0 Å². The van der Waals surface area contributed by atoms with Crippen molar-refractivity contribution in [3.05, 3.63) is 28.8 Å². The summed E-state index contributed by atoms with van der Waals surface area (Å²) in [5.74, 6) is 0.906. The van der Waals surface area contributed by atoms with Crippen molar-refractivity contribution in [3.63, 3.8) is 0 Å². The summed E-state index contributed by atoms with van der Waals surface area (Å²) >= 11 is 3.78. The van der Waals surface area contributed by atoms with Crippen LogP contribution in [0.4, 0.5) is 4.79 Å². The molecule has 0 saturated carbocycles. The highest BCUT2D eigenvalue weighted by Crippen LogP contribution is 2.24. The highest BCUT2D eigenvalue weighted by atomic mass is 32.1. The fourth-order valence-electron chi connectivity index (χ4n) is 1.79. The number of carbonyl (C=O) groups excluding carboxylic acids is 1. The van der Waals surface area contributed by atoms with Gasteiger partial charge in [0.15, 0.2) is 0 Å². The van der Waals surface area contributed by atoms with Gasteiger partial charge in [0, 0.05) is 13.6 Å². The van der Waals surface area contributed by atoms with Gasteiger partial charge in [-0.05, 0) is 30.5 Å². The van der Waals surface area contributed by atoms with Crippen LogP contribution in [-0.2, 0) is 6.54 Å². The maximum absolute atomic E-state index is 11.0. The van der Waals surface area contributed by atoms with E-state index in [4.69, 9.17) is 4.74 Å². The standard InChI is InChI=1S/C12H17NO2S/c1-8-5-10(7-13(3)12(14)16)6-9(2)11(8)15-4/h5-6H,7H2,1-4H3,(H,14,16). The molecule has 0 aliphatic heterocycles. The molecule has 88 valence electrons. The van der Waals surface area contributed by atoms with E-state index in [1.54, 1.807) is 19.1 Å². The molecule has 0 heterocycles. The largest absolute Gasteiger partial charge is 0.496 e. The first-order valence-corrected chi connectivity index (χ1v) is 5.48. The van der Waals surface area contributed by atoms with Crippen LogP contribution in [0, 0.1) is 13.8 Å². The van der Waals surface area contributed by atoms with Crippen molar-refractivity contribution in [2.24, 2.45) is 0 Å². The van der Waals surface area contributed by atoms with E-state index in [1.807, 2.05) is 26.0 Å². The number of rotatable bonds is 3. The lowest BCUT2D eigenvalue weighted by atomic mass is 10.1. The lowest BCUT2D eigenvalue weighted by molar-refractivity contribution is 0.232. The summed E-state index contributed by atoms with van der Waals surface area (Å²) in [5, 5.41) is -0.230. The van der Waals surface area contributed by atoms with E-state index >= 15 is 0 Å². The highest BCUT2D eigenvalue weighted by molar-refractivity contribution is 7.96. The molecular weight excluding hydrogens is 222 g/mol. The molecule has 0 N–H and O–H groups in total. The van der Waals surface area contributed by atoms with Gasteiger partial charge < -0.3 is 9.64 Å². The third-order valence-corrected chi connectivity index (χ3v) is 2.81. The van der Waals surface area contributed by atoms with Gasteiger partial charge >= 0.3 is 0 Å². The summed E-state index contributed by atoms with van der Waals surface area (Å²) in [7, 11) is 3.39. The average molecular weight is 239 g/mol. The van der Waals surface area contributed by atoms with Crippen LogP contribution in [0.15, 0.2) is 12.1 Å². The molecule has 1 amide bonds. The zero-order valence-electron chi connectivity index (χ0n) is 10.1. The minimum Gasteiger partial charge on any atom is -0.496 e. The van der Waals surface area contributed by atoms with Gasteiger partial charge in [0.25, 0.3) is 5.24 Å². The van der Waals surface area contributed by atoms with Crippen molar-refractivity contribution in [2.75, 3.05) is 14.2 Å². The van der Waals surface area contributed by atoms with Crippen molar-refractivity contribution in [1.29, 1.82) is 0 Å². The molecule has 1 aromatic rings. The Hall–Kier alpha value is -1.16. The normalized spacial score (nSPS) is 10.1. The molecule has 4 heteroatoms. The number of amides is 1. The number of aryl methyl sites for hydroxylation is 2. The Morgan fingerprint density at radius 1 is 1.38 bits per heavy atom. The first-order chi connectivity index (χ1) is 7.45. The molecule has 0 spiro atoms. The third kappa shape index (κ3) is 2.92. The molecule has 1 aromatic carbocycles. The lowest BCUT2D eigenvalue weighted by Crippen LogP contribution is -2.20. The Labute approximate surface area is 102 Å². The molecule has 0 atom stereocenters. The number of thiol groups is 1. The molecule has 0 saturated heterocycles. The summed E-state index contributed by atoms with van der Waals surface area (Å²) < 4.78 is 5.29. The zero-order valence-corrected chi connectivity index (χ0v) is 11.0. The molecule has 0 aliphatic carbocycles. The maximum atomic E-state index is 11.0. The Balaban J connectivity index is 2.96. The Kier molecular flexibility index (Phi) is 4.24. The van der Waals surface area contributed by atoms with Crippen molar-refractivity contribution in [3.8, 4) is 5.75 Å². The summed E-state index contributed by atoms with van der Waals surface area (Å²) in [5.41, 5.74) is 3.25. The SMILES string of the molecule is COc1c(C)cc(CN(C)C(=O)S)cc1C. The molecule has 3 nitrogen and oxygen atoms in total. The number of hydrogen-bond acceptors (Lipinski definition) is 2. The second-order valence-electron chi connectivity index (χ2n) is 3.90. The van der Waals surface area contributed by atoms with Crippen LogP contribution < -0.4 is 4.74 Å².